The van der Waals surface area contributed by atoms with Gasteiger partial charge in [0, 0.05) is 40.2 Å². The number of nitrogens with one attached hydrogen (secondary N) is 3. The Hall–Kier alpha value is -4.81. The maximum absolute atomic E-state index is 14.8. The smallest absolute Gasteiger partial charge is 0.408 e. The van der Waals surface area contributed by atoms with Crippen molar-refractivity contribution in [1.29, 1.82) is 0 Å². The van der Waals surface area contributed by atoms with Crippen molar-refractivity contribution in [3.05, 3.63) is 75.7 Å². The van der Waals surface area contributed by atoms with E-state index in [1.54, 1.807) is 27.7 Å². The first kappa shape index (κ1) is 46.7. The lowest BCUT2D eigenvalue weighted by atomic mass is 10.0. The number of para-hydroxylation sites is 1. The summed E-state index contributed by atoms with van der Waals surface area (Å²) in [6, 6.07) is 12.1. The molecule has 15 nitrogen and oxygen atoms in total. The van der Waals surface area contributed by atoms with Crippen LogP contribution in [0.1, 0.15) is 117 Å². The number of sulfonamides is 1. The van der Waals surface area contributed by atoms with Gasteiger partial charge in [0.05, 0.1) is 22.5 Å². The van der Waals surface area contributed by atoms with Gasteiger partial charge in [0.1, 0.15) is 39.9 Å². The van der Waals surface area contributed by atoms with Gasteiger partial charge in [0.25, 0.3) is 11.9 Å². The number of rotatable bonds is 10. The van der Waals surface area contributed by atoms with Crippen LogP contribution in [-0.2, 0) is 35.6 Å². The molecule has 2 aromatic heterocycles. The zero-order chi connectivity index (χ0) is 46.5. The lowest BCUT2D eigenvalue weighted by molar-refractivity contribution is -0.141. The molecule has 0 spiro atoms. The minimum Gasteiger partial charge on any atom is -0.459 e. The van der Waals surface area contributed by atoms with Gasteiger partial charge in [-0.25, -0.2) is 18.2 Å². The Labute approximate surface area is 392 Å². The number of nitrogens with zero attached hydrogens (tertiary/aromatic N) is 4. The number of thiazole rings is 1. The number of halogens is 1. The van der Waals surface area contributed by atoms with Crippen LogP contribution >= 0.6 is 27.3 Å². The Morgan fingerprint density at radius 3 is 2.57 bits per heavy atom. The van der Waals surface area contributed by atoms with Gasteiger partial charge in [-0.3, -0.25) is 23.7 Å². The molecule has 65 heavy (non-hydrogen) atoms. The highest BCUT2D eigenvalue weighted by Gasteiger charge is 2.63. The highest BCUT2D eigenvalue weighted by molar-refractivity contribution is 9.10. The number of fused-ring (bicyclic) bond motifs is 3. The number of imidazole rings is 1. The summed E-state index contributed by atoms with van der Waals surface area (Å²) >= 11 is 5.10. The number of hydrogen-bond acceptors (Lipinski definition) is 11. The highest BCUT2D eigenvalue weighted by atomic mass is 79.9. The SMILES string of the molecule is CC(C)n1c(O[C@@H]2C[C@H]3C(=O)N[C@]4(C(=O)NS(=O)(=O)C5(C)CC5)C[C@H]4/C=C\CCCCC[C@H](NC(=O)OC(C)(C)C)C(=O)N3C2)nc2c(-c3nc(Cc4cccc(Br)c4)cs3)cccc21. The minimum absolute atomic E-state index is 0.0295. The number of allylic oxidation sites excluding steroid dienone is 1. The largest absolute Gasteiger partial charge is 0.459 e. The van der Waals surface area contributed by atoms with Crippen molar-refractivity contribution in [2.75, 3.05) is 6.54 Å². The van der Waals surface area contributed by atoms with Crippen LogP contribution in [0.2, 0.25) is 0 Å². The van der Waals surface area contributed by atoms with Crippen molar-refractivity contribution in [1.82, 2.24) is 34.8 Å². The van der Waals surface area contributed by atoms with Crippen LogP contribution in [0.5, 0.6) is 6.01 Å². The fourth-order valence-electron chi connectivity index (χ4n) is 8.76. The molecule has 348 valence electrons. The second kappa shape index (κ2) is 18.1. The molecule has 4 amide bonds. The van der Waals surface area contributed by atoms with Crippen molar-refractivity contribution in [2.45, 2.75) is 146 Å². The summed E-state index contributed by atoms with van der Waals surface area (Å²) in [5, 5.41) is 8.58. The monoisotopic (exact) mass is 991 g/mol. The van der Waals surface area contributed by atoms with E-state index in [-0.39, 0.29) is 25.4 Å². The van der Waals surface area contributed by atoms with Crippen molar-refractivity contribution < 1.29 is 37.1 Å². The van der Waals surface area contributed by atoms with Gasteiger partial charge in [-0.15, -0.1) is 11.3 Å². The number of amides is 4. The number of aromatic nitrogens is 3. The average Bonchev–Trinajstić information content (AvgIpc) is 3.92. The van der Waals surface area contributed by atoms with Crippen LogP contribution in [0.25, 0.3) is 21.6 Å². The molecule has 2 aromatic carbocycles. The zero-order valence-corrected chi connectivity index (χ0v) is 40.9. The molecule has 18 heteroatoms. The third-order valence-corrected chi connectivity index (χ3v) is 16.3. The first-order valence-electron chi connectivity index (χ1n) is 22.5. The molecule has 0 bridgehead atoms. The van der Waals surface area contributed by atoms with E-state index in [0.717, 1.165) is 44.7 Å². The van der Waals surface area contributed by atoms with Gasteiger partial charge in [-0.1, -0.05) is 59.1 Å². The molecule has 4 aromatic rings. The van der Waals surface area contributed by atoms with E-state index < -0.39 is 73.8 Å². The first-order valence-corrected chi connectivity index (χ1v) is 25.6. The van der Waals surface area contributed by atoms with Gasteiger partial charge in [-0.05, 0) is 110 Å². The van der Waals surface area contributed by atoms with Crippen molar-refractivity contribution in [2.24, 2.45) is 5.92 Å². The third-order valence-electron chi connectivity index (χ3n) is 12.7. The predicted molar refractivity (Wildman–Crippen MR) is 252 cm³/mol. The predicted octanol–water partition coefficient (Wildman–Crippen LogP) is 7.73. The summed E-state index contributed by atoms with van der Waals surface area (Å²) < 4.78 is 43.1. The van der Waals surface area contributed by atoms with Crippen molar-refractivity contribution >= 4 is 72.1 Å². The van der Waals surface area contributed by atoms with Crippen LogP contribution < -0.4 is 20.1 Å². The molecule has 5 atom stereocenters. The molecular formula is C47H58BrN7O8S2. The summed E-state index contributed by atoms with van der Waals surface area (Å²) in [7, 11) is -4.01. The van der Waals surface area contributed by atoms with E-state index in [4.69, 9.17) is 19.4 Å². The maximum Gasteiger partial charge on any atom is 0.408 e. The quantitative estimate of drug-likeness (QED) is 0.133. The number of alkyl carbamates (subject to hydrolysis) is 1. The van der Waals surface area contributed by atoms with E-state index in [1.807, 2.05) is 60.9 Å². The van der Waals surface area contributed by atoms with Crippen LogP contribution in [0.4, 0.5) is 4.79 Å². The minimum atomic E-state index is -4.01. The number of carbonyl (C=O) groups is 4. The lowest BCUT2D eigenvalue weighted by Crippen LogP contribution is -2.58. The highest BCUT2D eigenvalue weighted by Crippen LogP contribution is 2.48. The van der Waals surface area contributed by atoms with E-state index in [1.165, 1.54) is 16.2 Å². The summed E-state index contributed by atoms with van der Waals surface area (Å²) in [6.45, 7) is 10.8. The van der Waals surface area contributed by atoms with Gasteiger partial charge in [0.15, 0.2) is 0 Å². The maximum atomic E-state index is 14.8. The first-order chi connectivity index (χ1) is 30.8. The Morgan fingerprint density at radius 1 is 1.08 bits per heavy atom. The number of ether oxygens (including phenoxy) is 2. The van der Waals surface area contributed by atoms with Crippen LogP contribution in [0.3, 0.4) is 0 Å². The van der Waals surface area contributed by atoms with E-state index in [9.17, 15) is 27.6 Å². The average molecular weight is 993 g/mol. The third kappa shape index (κ3) is 10.1. The Kier molecular flexibility index (Phi) is 13.0. The van der Waals surface area contributed by atoms with Crippen molar-refractivity contribution in [3.8, 4) is 16.6 Å². The van der Waals surface area contributed by atoms with Gasteiger partial charge < -0.3 is 25.0 Å². The zero-order valence-electron chi connectivity index (χ0n) is 37.7. The molecule has 8 rings (SSSR count). The molecule has 2 saturated carbocycles. The Balaban J connectivity index is 1.11. The fraction of sp³-hybridized carbons (Fsp3) is 0.532. The topological polar surface area (TPSA) is 191 Å². The van der Waals surface area contributed by atoms with Crippen LogP contribution in [-0.4, -0.2) is 92.3 Å². The molecule has 2 aliphatic carbocycles. The molecule has 3 N–H and O–H groups in total. The number of hydrogen-bond donors (Lipinski definition) is 3. The molecule has 2 aliphatic heterocycles. The van der Waals surface area contributed by atoms with Gasteiger partial charge >= 0.3 is 6.09 Å². The van der Waals surface area contributed by atoms with Gasteiger partial charge in [-0.2, -0.15) is 4.98 Å². The van der Waals surface area contributed by atoms with Crippen molar-refractivity contribution in [3.63, 3.8) is 0 Å². The normalized spacial score (nSPS) is 25.1. The lowest BCUT2D eigenvalue weighted by Gasteiger charge is -2.30. The van der Waals surface area contributed by atoms with E-state index in [2.05, 4.69) is 48.8 Å². The fourth-order valence-corrected chi connectivity index (χ4v) is 11.4. The standard InChI is InChI=1S/C47H58BrN7O8S2/c1-28(2)55-36-19-13-17-34(40-49-32(27-64-40)23-29-14-12-16-31(48)22-29)38(36)51-43(55)62-33-24-37-39(56)52-47(42(58)53-65(60,61)46(6)20-21-46)25-30(47)15-10-8-7-9-11-18-35(41(57)54(37)26-33)50-44(59)63-45(3,4)5/h10,12-17,19,22,27-28,30,33,35,37H,7-9,11,18,20-21,23-26H2,1-6H3,(H,50,59)(H,52,56)(H,53,58)/b15-10-/t30-,33-,35+,37+,47-/m1/s1. The Morgan fingerprint density at radius 2 is 1.85 bits per heavy atom. The summed E-state index contributed by atoms with van der Waals surface area (Å²) in [6.07, 6.45) is 7.24. The molecule has 0 unspecified atom stereocenters. The van der Waals surface area contributed by atoms with E-state index >= 15 is 0 Å². The second-order valence-electron chi connectivity index (χ2n) is 19.4. The summed E-state index contributed by atoms with van der Waals surface area (Å²) in [4.78, 5) is 68.2. The van der Waals surface area contributed by atoms with Gasteiger partial charge in [0.2, 0.25) is 21.8 Å². The second-order valence-corrected chi connectivity index (χ2v) is 23.4. The summed E-state index contributed by atoms with van der Waals surface area (Å²) in [5.41, 5.74) is 2.07. The van der Waals surface area contributed by atoms with E-state index in [0.29, 0.717) is 50.1 Å². The molecule has 0 radical (unpaired) electrons. The Bertz CT molecular complexity index is 2630. The molecule has 1 saturated heterocycles. The number of carbonyl (C=O) groups excluding carboxylic acids is 4. The van der Waals surface area contributed by atoms with Crippen LogP contribution in [0, 0.1) is 5.92 Å². The van der Waals surface area contributed by atoms with Crippen LogP contribution in [0.15, 0.2) is 64.5 Å². The molecule has 4 heterocycles. The summed E-state index contributed by atoms with van der Waals surface area (Å²) in [5.74, 6) is -2.37. The molecular weight excluding hydrogens is 935 g/mol. The number of benzene rings is 2. The molecule has 4 aliphatic rings. The molecule has 3 fully saturated rings.